The van der Waals surface area contributed by atoms with E-state index in [1.54, 1.807) is 12.4 Å². The van der Waals surface area contributed by atoms with Crippen LogP contribution < -0.4 is 5.46 Å². The molecule has 0 aromatic carbocycles. The number of hydrogen-bond donors (Lipinski definition) is 3. The molecule has 0 spiro atoms. The quantitative estimate of drug-likeness (QED) is 0.421. The predicted molar refractivity (Wildman–Crippen MR) is 35.4 cm³/mol. The van der Waals surface area contributed by atoms with Crippen LogP contribution in [0, 0.1) is 6.92 Å². The Balaban J connectivity index is 2.94. The van der Waals surface area contributed by atoms with Crippen LogP contribution in [0.1, 0.15) is 5.56 Å². The largest absolute Gasteiger partial charge is 0.490 e. The van der Waals surface area contributed by atoms with E-state index in [0.29, 0.717) is 5.46 Å². The second-order valence-electron chi connectivity index (χ2n) is 1.97. The molecule has 1 aromatic rings. The number of rotatable bonds is 1. The van der Waals surface area contributed by atoms with Gasteiger partial charge in [-0.05, 0) is 12.5 Å². The molecule has 9 heavy (non-hydrogen) atoms. The molecule has 0 aliphatic heterocycles. The zero-order chi connectivity index (χ0) is 6.85. The van der Waals surface area contributed by atoms with Gasteiger partial charge in [0.15, 0.2) is 0 Å². The molecule has 0 saturated heterocycles. The third kappa shape index (κ3) is 1.14. The molecule has 0 amide bonds. The van der Waals surface area contributed by atoms with E-state index in [4.69, 9.17) is 10.0 Å². The highest BCUT2D eigenvalue weighted by Gasteiger charge is 2.13. The van der Waals surface area contributed by atoms with Crippen molar-refractivity contribution in [2.24, 2.45) is 0 Å². The molecule has 1 rings (SSSR count). The van der Waals surface area contributed by atoms with Crippen LogP contribution in [0.3, 0.4) is 0 Å². The van der Waals surface area contributed by atoms with E-state index >= 15 is 0 Å². The fourth-order valence-electron chi connectivity index (χ4n) is 0.732. The Kier molecular flexibility index (Phi) is 1.59. The summed E-state index contributed by atoms with van der Waals surface area (Å²) in [6, 6.07) is 0. The average Bonchev–Trinajstić information content (AvgIpc) is 2.13. The van der Waals surface area contributed by atoms with Gasteiger partial charge in [-0.15, -0.1) is 0 Å². The molecule has 0 saturated carbocycles. The minimum absolute atomic E-state index is 0.537. The van der Waals surface area contributed by atoms with E-state index in [9.17, 15) is 0 Å². The molecule has 4 heteroatoms. The van der Waals surface area contributed by atoms with Gasteiger partial charge in [0, 0.05) is 17.9 Å². The van der Waals surface area contributed by atoms with Gasteiger partial charge in [0.1, 0.15) is 0 Å². The fourth-order valence-corrected chi connectivity index (χ4v) is 0.732. The predicted octanol–water partition coefficient (Wildman–Crippen LogP) is -0.997. The molecule has 0 aliphatic rings. The molecule has 3 nitrogen and oxygen atoms in total. The van der Waals surface area contributed by atoms with Crippen molar-refractivity contribution < 1.29 is 10.0 Å². The van der Waals surface area contributed by atoms with Crippen LogP contribution in [0.4, 0.5) is 0 Å². The van der Waals surface area contributed by atoms with Gasteiger partial charge in [0.25, 0.3) is 0 Å². The van der Waals surface area contributed by atoms with Crippen LogP contribution in [0.15, 0.2) is 12.4 Å². The Morgan fingerprint density at radius 2 is 2.11 bits per heavy atom. The molecule has 48 valence electrons. The second kappa shape index (κ2) is 2.25. The molecule has 0 unspecified atom stereocenters. The minimum Gasteiger partial charge on any atom is -0.423 e. The summed E-state index contributed by atoms with van der Waals surface area (Å²) >= 11 is 0. The molecule has 1 heterocycles. The highest BCUT2D eigenvalue weighted by Crippen LogP contribution is 1.89. The van der Waals surface area contributed by atoms with Crippen molar-refractivity contribution in [1.82, 2.24) is 4.98 Å². The van der Waals surface area contributed by atoms with Gasteiger partial charge in [0.05, 0.1) is 0 Å². The summed E-state index contributed by atoms with van der Waals surface area (Å²) in [5.41, 5.74) is 1.40. The van der Waals surface area contributed by atoms with Crippen molar-refractivity contribution in [1.29, 1.82) is 0 Å². The lowest BCUT2D eigenvalue weighted by molar-refractivity contribution is 0.425. The average molecular weight is 125 g/mol. The molecule has 1 aromatic heterocycles. The van der Waals surface area contributed by atoms with Crippen molar-refractivity contribution in [2.75, 3.05) is 0 Å². The monoisotopic (exact) mass is 125 g/mol. The topological polar surface area (TPSA) is 56.2 Å². The minimum atomic E-state index is -1.35. The van der Waals surface area contributed by atoms with Gasteiger partial charge >= 0.3 is 7.12 Å². The second-order valence-corrected chi connectivity index (χ2v) is 1.97. The molecular formula is C5H8BNO2. The summed E-state index contributed by atoms with van der Waals surface area (Å²) in [6.07, 6.45) is 3.29. The number of aromatic amines is 1. The Morgan fingerprint density at radius 3 is 2.33 bits per heavy atom. The molecule has 0 radical (unpaired) electrons. The van der Waals surface area contributed by atoms with Crippen molar-refractivity contribution >= 4 is 12.6 Å². The normalized spacial score (nSPS) is 9.67. The smallest absolute Gasteiger partial charge is 0.423 e. The van der Waals surface area contributed by atoms with Gasteiger partial charge in [-0.1, -0.05) is 0 Å². The molecule has 0 fully saturated rings. The highest BCUT2D eigenvalue weighted by atomic mass is 16.4. The third-order valence-electron chi connectivity index (χ3n) is 1.27. The van der Waals surface area contributed by atoms with Gasteiger partial charge in [-0.3, -0.25) is 0 Å². The first-order valence-corrected chi connectivity index (χ1v) is 2.71. The fraction of sp³-hybridized carbons (Fsp3) is 0.200. The van der Waals surface area contributed by atoms with Crippen molar-refractivity contribution in [3.8, 4) is 0 Å². The van der Waals surface area contributed by atoms with Crippen LogP contribution >= 0.6 is 0 Å². The summed E-state index contributed by atoms with van der Waals surface area (Å²) in [6.45, 7) is 1.81. The van der Waals surface area contributed by atoms with E-state index in [0.717, 1.165) is 5.56 Å². The van der Waals surface area contributed by atoms with Crippen molar-refractivity contribution in [3.05, 3.63) is 18.0 Å². The molecule has 0 aliphatic carbocycles. The molecule has 0 atom stereocenters. The Hall–Kier alpha value is -0.735. The maximum absolute atomic E-state index is 8.63. The number of H-pyrrole nitrogens is 1. The lowest BCUT2D eigenvalue weighted by Gasteiger charge is -1.93. The molecule has 3 N–H and O–H groups in total. The maximum atomic E-state index is 8.63. The van der Waals surface area contributed by atoms with Gasteiger partial charge in [-0.2, -0.15) is 0 Å². The van der Waals surface area contributed by atoms with Crippen LogP contribution in [-0.4, -0.2) is 22.2 Å². The number of aromatic nitrogens is 1. The first-order chi connectivity index (χ1) is 4.22. The first-order valence-electron chi connectivity index (χ1n) is 2.71. The number of aryl methyl sites for hydroxylation is 1. The van der Waals surface area contributed by atoms with Crippen LogP contribution in [0.25, 0.3) is 0 Å². The van der Waals surface area contributed by atoms with Crippen molar-refractivity contribution in [2.45, 2.75) is 6.92 Å². The number of nitrogens with one attached hydrogen (secondary N) is 1. The SMILES string of the molecule is Cc1c[nH]cc1B(O)O. The lowest BCUT2D eigenvalue weighted by Crippen LogP contribution is -2.30. The Labute approximate surface area is 53.5 Å². The van der Waals surface area contributed by atoms with Crippen LogP contribution in [0.2, 0.25) is 0 Å². The Bertz CT molecular complexity index is 197. The molecular weight excluding hydrogens is 117 g/mol. The van der Waals surface area contributed by atoms with E-state index < -0.39 is 7.12 Å². The van der Waals surface area contributed by atoms with Crippen molar-refractivity contribution in [3.63, 3.8) is 0 Å². The number of hydrogen-bond acceptors (Lipinski definition) is 2. The van der Waals surface area contributed by atoms with Crippen LogP contribution in [0.5, 0.6) is 0 Å². The zero-order valence-corrected chi connectivity index (χ0v) is 5.13. The summed E-state index contributed by atoms with van der Waals surface area (Å²) in [4.78, 5) is 2.76. The summed E-state index contributed by atoms with van der Waals surface area (Å²) in [5, 5.41) is 17.3. The molecule has 0 bridgehead atoms. The summed E-state index contributed by atoms with van der Waals surface area (Å²) in [7, 11) is -1.35. The summed E-state index contributed by atoms with van der Waals surface area (Å²) in [5.74, 6) is 0. The Morgan fingerprint density at radius 1 is 1.44 bits per heavy atom. The van der Waals surface area contributed by atoms with E-state index in [2.05, 4.69) is 4.98 Å². The van der Waals surface area contributed by atoms with Gasteiger partial charge < -0.3 is 15.0 Å². The highest BCUT2D eigenvalue weighted by molar-refractivity contribution is 6.59. The van der Waals surface area contributed by atoms with Gasteiger partial charge in [0.2, 0.25) is 0 Å². The summed E-state index contributed by atoms with van der Waals surface area (Å²) < 4.78 is 0. The van der Waals surface area contributed by atoms with E-state index in [-0.39, 0.29) is 0 Å². The first kappa shape index (κ1) is 6.39. The van der Waals surface area contributed by atoms with Gasteiger partial charge in [-0.25, -0.2) is 0 Å². The van der Waals surface area contributed by atoms with Crippen LogP contribution in [-0.2, 0) is 0 Å². The third-order valence-corrected chi connectivity index (χ3v) is 1.27. The van der Waals surface area contributed by atoms with E-state index in [1.165, 1.54) is 0 Å². The standard InChI is InChI=1S/C5H8BNO2/c1-4-2-7-3-5(4)6(8)9/h2-3,7-9H,1H3. The maximum Gasteiger partial charge on any atom is 0.490 e. The zero-order valence-electron chi connectivity index (χ0n) is 5.13. The van der Waals surface area contributed by atoms with E-state index in [1.807, 2.05) is 6.92 Å². The lowest BCUT2D eigenvalue weighted by atomic mass is 9.80.